The van der Waals surface area contributed by atoms with Crippen molar-refractivity contribution in [3.05, 3.63) is 46.4 Å². The van der Waals surface area contributed by atoms with Gasteiger partial charge in [-0.15, -0.1) is 11.3 Å². The third-order valence-electron chi connectivity index (χ3n) is 4.40. The summed E-state index contributed by atoms with van der Waals surface area (Å²) in [6.45, 7) is 2.56. The van der Waals surface area contributed by atoms with E-state index in [1.54, 1.807) is 11.3 Å². The number of piperazine rings is 1. The summed E-state index contributed by atoms with van der Waals surface area (Å²) in [5, 5.41) is 2.04. The number of rotatable bonds is 5. The fraction of sp³-hybridized carbons (Fsp3) is 0.444. The Kier molecular flexibility index (Phi) is 5.35. The van der Waals surface area contributed by atoms with E-state index in [1.807, 2.05) is 51.3 Å². The molecule has 2 aromatic rings. The van der Waals surface area contributed by atoms with Crippen LogP contribution in [-0.2, 0) is 29.5 Å². The van der Waals surface area contributed by atoms with Crippen molar-refractivity contribution >= 4 is 23.2 Å². The Bertz CT molecular complexity index is 685. The average Bonchev–Trinajstić information content (AvgIpc) is 3.24. The summed E-state index contributed by atoms with van der Waals surface area (Å²) >= 11 is 1.69. The molecule has 1 fully saturated rings. The molecule has 0 radical (unpaired) electrons. The molecule has 0 atom stereocenters. The molecule has 5 nitrogen and oxygen atoms in total. The third-order valence-corrected chi connectivity index (χ3v) is 5.34. The van der Waals surface area contributed by atoms with Crippen molar-refractivity contribution in [2.45, 2.75) is 19.3 Å². The normalized spacial score (nSPS) is 14.9. The monoisotopic (exact) mass is 345 g/mol. The molecule has 128 valence electrons. The molecular weight excluding hydrogens is 322 g/mol. The van der Waals surface area contributed by atoms with Crippen molar-refractivity contribution < 1.29 is 9.59 Å². The van der Waals surface area contributed by atoms with E-state index in [-0.39, 0.29) is 11.8 Å². The van der Waals surface area contributed by atoms with Crippen LogP contribution >= 0.6 is 11.3 Å². The molecule has 2 aromatic heterocycles. The molecule has 1 aliphatic rings. The Morgan fingerprint density at radius 2 is 1.79 bits per heavy atom. The molecule has 0 spiro atoms. The Balaban J connectivity index is 1.43. The van der Waals surface area contributed by atoms with E-state index in [9.17, 15) is 9.59 Å². The summed E-state index contributed by atoms with van der Waals surface area (Å²) in [4.78, 5) is 29.6. The average molecular weight is 345 g/mol. The van der Waals surface area contributed by atoms with Gasteiger partial charge in [0.25, 0.3) is 0 Å². The first-order valence-electron chi connectivity index (χ1n) is 8.30. The highest BCUT2D eigenvalue weighted by molar-refractivity contribution is 7.09. The number of nitrogens with zero attached hydrogens (tertiary/aromatic N) is 3. The number of hydrogen-bond donors (Lipinski definition) is 0. The lowest BCUT2D eigenvalue weighted by Gasteiger charge is -2.35. The SMILES string of the molecule is Cn1ccc(CC(=O)N2CCN(C(=O)CCc3cccs3)CC2)c1. The van der Waals surface area contributed by atoms with Crippen molar-refractivity contribution in [2.24, 2.45) is 7.05 Å². The number of thiophene rings is 1. The van der Waals surface area contributed by atoms with E-state index < -0.39 is 0 Å². The molecule has 6 heteroatoms. The largest absolute Gasteiger partial charge is 0.357 e. The lowest BCUT2D eigenvalue weighted by molar-refractivity contribution is -0.139. The molecule has 0 bridgehead atoms. The molecule has 0 saturated carbocycles. The van der Waals surface area contributed by atoms with Crippen LogP contribution in [-0.4, -0.2) is 52.4 Å². The zero-order valence-electron chi connectivity index (χ0n) is 14.0. The first-order valence-corrected chi connectivity index (χ1v) is 9.18. The molecule has 1 saturated heterocycles. The first kappa shape index (κ1) is 16.8. The van der Waals surface area contributed by atoms with Crippen LogP contribution < -0.4 is 0 Å². The minimum atomic E-state index is 0.145. The zero-order chi connectivity index (χ0) is 16.9. The van der Waals surface area contributed by atoms with Gasteiger partial charge in [-0.05, 0) is 29.5 Å². The second kappa shape index (κ2) is 7.66. The van der Waals surface area contributed by atoms with Gasteiger partial charge < -0.3 is 14.4 Å². The zero-order valence-corrected chi connectivity index (χ0v) is 14.8. The lowest BCUT2D eigenvalue weighted by atomic mass is 10.2. The van der Waals surface area contributed by atoms with E-state index >= 15 is 0 Å². The number of aryl methyl sites for hydroxylation is 2. The van der Waals surface area contributed by atoms with Gasteiger partial charge in [0, 0.05) is 56.9 Å². The van der Waals surface area contributed by atoms with Crippen LogP contribution in [0.1, 0.15) is 16.9 Å². The van der Waals surface area contributed by atoms with Gasteiger partial charge in [0.05, 0.1) is 6.42 Å². The predicted molar refractivity (Wildman–Crippen MR) is 94.9 cm³/mol. The summed E-state index contributed by atoms with van der Waals surface area (Å²) in [6, 6.07) is 6.06. The van der Waals surface area contributed by atoms with Crippen LogP contribution in [0.3, 0.4) is 0 Å². The molecule has 0 aromatic carbocycles. The molecule has 2 amide bonds. The van der Waals surface area contributed by atoms with Crippen molar-refractivity contribution in [1.82, 2.24) is 14.4 Å². The van der Waals surface area contributed by atoms with Gasteiger partial charge in [0.15, 0.2) is 0 Å². The maximum atomic E-state index is 12.3. The van der Waals surface area contributed by atoms with Gasteiger partial charge in [-0.25, -0.2) is 0 Å². The van der Waals surface area contributed by atoms with Gasteiger partial charge in [-0.2, -0.15) is 0 Å². The molecule has 24 heavy (non-hydrogen) atoms. The molecule has 0 N–H and O–H groups in total. The molecular formula is C18H23N3O2S. The number of hydrogen-bond acceptors (Lipinski definition) is 3. The molecule has 1 aliphatic heterocycles. The quantitative estimate of drug-likeness (QED) is 0.831. The van der Waals surface area contributed by atoms with Crippen LogP contribution in [0.5, 0.6) is 0 Å². The Morgan fingerprint density at radius 3 is 2.38 bits per heavy atom. The number of amides is 2. The van der Waals surface area contributed by atoms with Crippen LogP contribution in [0, 0.1) is 0 Å². The van der Waals surface area contributed by atoms with Gasteiger partial charge >= 0.3 is 0 Å². The van der Waals surface area contributed by atoms with E-state index in [1.165, 1.54) is 4.88 Å². The van der Waals surface area contributed by atoms with Crippen molar-refractivity contribution in [3.8, 4) is 0 Å². The van der Waals surface area contributed by atoms with Gasteiger partial charge in [0.1, 0.15) is 0 Å². The Hall–Kier alpha value is -2.08. The topological polar surface area (TPSA) is 45.6 Å². The summed E-state index contributed by atoms with van der Waals surface area (Å²) in [7, 11) is 1.95. The summed E-state index contributed by atoms with van der Waals surface area (Å²) in [6.07, 6.45) is 5.73. The standard InChI is InChI=1S/C18H23N3O2S/c1-19-7-6-15(14-19)13-18(23)21-10-8-20(9-11-21)17(22)5-4-16-3-2-12-24-16/h2-3,6-7,12,14H,4-5,8-11,13H2,1H3. The van der Waals surface area contributed by atoms with Gasteiger partial charge in [0.2, 0.25) is 11.8 Å². The molecule has 0 aliphatic carbocycles. The van der Waals surface area contributed by atoms with Crippen LogP contribution in [0.25, 0.3) is 0 Å². The smallest absolute Gasteiger partial charge is 0.227 e. The molecule has 0 unspecified atom stereocenters. The van der Waals surface area contributed by atoms with E-state index in [0.717, 1.165) is 12.0 Å². The minimum Gasteiger partial charge on any atom is -0.357 e. The van der Waals surface area contributed by atoms with E-state index in [4.69, 9.17) is 0 Å². The number of carbonyl (C=O) groups excluding carboxylic acids is 2. The van der Waals surface area contributed by atoms with E-state index in [0.29, 0.717) is 39.0 Å². The summed E-state index contributed by atoms with van der Waals surface area (Å²) < 4.78 is 1.95. The number of carbonyl (C=O) groups is 2. The third kappa shape index (κ3) is 4.26. The maximum Gasteiger partial charge on any atom is 0.227 e. The minimum absolute atomic E-state index is 0.145. The van der Waals surface area contributed by atoms with Crippen molar-refractivity contribution in [2.75, 3.05) is 26.2 Å². The Labute approximate surface area is 146 Å². The van der Waals surface area contributed by atoms with Gasteiger partial charge in [-0.3, -0.25) is 9.59 Å². The molecule has 3 heterocycles. The second-order valence-corrected chi connectivity index (χ2v) is 7.24. The predicted octanol–water partition coefficient (Wildman–Crippen LogP) is 1.93. The van der Waals surface area contributed by atoms with Crippen molar-refractivity contribution in [3.63, 3.8) is 0 Å². The summed E-state index contributed by atoms with van der Waals surface area (Å²) in [5.74, 6) is 0.338. The molecule has 3 rings (SSSR count). The Morgan fingerprint density at radius 1 is 1.08 bits per heavy atom. The highest BCUT2D eigenvalue weighted by Gasteiger charge is 2.24. The first-order chi connectivity index (χ1) is 11.6. The maximum absolute atomic E-state index is 12.3. The second-order valence-electron chi connectivity index (χ2n) is 6.20. The van der Waals surface area contributed by atoms with Crippen LogP contribution in [0.4, 0.5) is 0 Å². The van der Waals surface area contributed by atoms with Crippen molar-refractivity contribution in [1.29, 1.82) is 0 Å². The lowest BCUT2D eigenvalue weighted by Crippen LogP contribution is -2.51. The van der Waals surface area contributed by atoms with Crippen LogP contribution in [0.15, 0.2) is 36.0 Å². The summed E-state index contributed by atoms with van der Waals surface area (Å²) in [5.41, 5.74) is 1.04. The highest BCUT2D eigenvalue weighted by Crippen LogP contribution is 2.13. The number of aromatic nitrogens is 1. The fourth-order valence-corrected chi connectivity index (χ4v) is 3.71. The van der Waals surface area contributed by atoms with Crippen LogP contribution in [0.2, 0.25) is 0 Å². The van der Waals surface area contributed by atoms with Gasteiger partial charge in [-0.1, -0.05) is 6.07 Å². The van der Waals surface area contributed by atoms with E-state index in [2.05, 4.69) is 6.07 Å². The fourth-order valence-electron chi connectivity index (χ4n) is 3.00. The highest BCUT2D eigenvalue weighted by atomic mass is 32.1.